The van der Waals surface area contributed by atoms with E-state index in [1.165, 1.54) is 25.1 Å². The molecule has 92 valence electrons. The van der Waals surface area contributed by atoms with Crippen molar-refractivity contribution in [2.75, 3.05) is 6.54 Å². The predicted molar refractivity (Wildman–Crippen MR) is 78.5 cm³/mol. The van der Waals surface area contributed by atoms with E-state index in [0.717, 1.165) is 19.4 Å². The lowest BCUT2D eigenvalue weighted by Crippen LogP contribution is -2.00. The van der Waals surface area contributed by atoms with Gasteiger partial charge < -0.3 is 5.73 Å². The van der Waals surface area contributed by atoms with Gasteiger partial charge in [0.05, 0.1) is 0 Å². The highest BCUT2D eigenvalue weighted by molar-refractivity contribution is 8.05. The topological polar surface area (TPSA) is 26.0 Å². The summed E-state index contributed by atoms with van der Waals surface area (Å²) in [7, 11) is 0. The van der Waals surface area contributed by atoms with E-state index < -0.39 is 0 Å². The van der Waals surface area contributed by atoms with E-state index >= 15 is 0 Å². The first kappa shape index (κ1) is 12.2. The van der Waals surface area contributed by atoms with Crippen molar-refractivity contribution in [3.63, 3.8) is 0 Å². The molecule has 1 heterocycles. The summed E-state index contributed by atoms with van der Waals surface area (Å²) in [6.45, 7) is 0.766. The van der Waals surface area contributed by atoms with E-state index in [2.05, 4.69) is 42.5 Å². The van der Waals surface area contributed by atoms with E-state index in [1.54, 1.807) is 0 Å². The van der Waals surface area contributed by atoms with E-state index in [-0.39, 0.29) is 0 Å². The van der Waals surface area contributed by atoms with Crippen LogP contribution in [0.2, 0.25) is 0 Å². The van der Waals surface area contributed by atoms with E-state index in [1.807, 2.05) is 23.5 Å². The third-order valence-electron chi connectivity index (χ3n) is 2.97. The zero-order chi connectivity index (χ0) is 12.4. The number of rotatable bonds is 3. The molecule has 0 radical (unpaired) electrons. The number of benzene rings is 2. The molecule has 2 aromatic rings. The minimum Gasteiger partial charge on any atom is -0.330 e. The SMILES string of the molecule is NCCCc1ccc2c(c1)Sc1ccccc1S2. The second-order valence-corrected chi connectivity index (χ2v) is 6.49. The summed E-state index contributed by atoms with van der Waals surface area (Å²) in [4.78, 5) is 5.49. The minimum absolute atomic E-state index is 0.766. The maximum absolute atomic E-state index is 5.57. The number of fused-ring (bicyclic) bond motifs is 2. The van der Waals surface area contributed by atoms with Gasteiger partial charge in [-0.3, -0.25) is 0 Å². The molecule has 0 bridgehead atoms. The van der Waals surface area contributed by atoms with Crippen LogP contribution >= 0.6 is 23.5 Å². The molecule has 0 aliphatic carbocycles. The first-order valence-electron chi connectivity index (χ1n) is 6.14. The maximum atomic E-state index is 5.57. The second kappa shape index (κ2) is 5.39. The molecule has 1 aliphatic heterocycles. The van der Waals surface area contributed by atoms with Crippen LogP contribution in [0.15, 0.2) is 62.0 Å². The van der Waals surface area contributed by atoms with Gasteiger partial charge in [-0.1, -0.05) is 41.7 Å². The van der Waals surface area contributed by atoms with E-state index in [9.17, 15) is 0 Å². The molecule has 18 heavy (non-hydrogen) atoms. The average molecular weight is 273 g/mol. The summed E-state index contributed by atoms with van der Waals surface area (Å²) in [6, 6.07) is 15.4. The van der Waals surface area contributed by atoms with Gasteiger partial charge in [-0.15, -0.1) is 0 Å². The predicted octanol–water partition coefficient (Wildman–Crippen LogP) is 4.19. The Morgan fingerprint density at radius 2 is 1.50 bits per heavy atom. The van der Waals surface area contributed by atoms with Gasteiger partial charge in [-0.25, -0.2) is 0 Å². The lowest BCUT2D eigenvalue weighted by Gasteiger charge is -2.18. The van der Waals surface area contributed by atoms with Crippen LogP contribution in [0, 0.1) is 0 Å². The Morgan fingerprint density at radius 3 is 2.22 bits per heavy atom. The van der Waals surface area contributed by atoms with Crippen LogP contribution in [0.3, 0.4) is 0 Å². The molecule has 2 aromatic carbocycles. The van der Waals surface area contributed by atoms with Crippen LogP contribution in [0.1, 0.15) is 12.0 Å². The van der Waals surface area contributed by atoms with Gasteiger partial charge in [0.2, 0.25) is 0 Å². The van der Waals surface area contributed by atoms with Gasteiger partial charge in [0.15, 0.2) is 0 Å². The summed E-state index contributed by atoms with van der Waals surface area (Å²) < 4.78 is 0. The van der Waals surface area contributed by atoms with Crippen molar-refractivity contribution in [2.24, 2.45) is 5.73 Å². The number of aryl methyl sites for hydroxylation is 1. The Hall–Kier alpha value is -0.900. The van der Waals surface area contributed by atoms with Crippen LogP contribution in [-0.2, 0) is 6.42 Å². The van der Waals surface area contributed by atoms with Gasteiger partial charge in [0.1, 0.15) is 0 Å². The van der Waals surface area contributed by atoms with Crippen molar-refractivity contribution in [1.29, 1.82) is 0 Å². The summed E-state index contributed by atoms with van der Waals surface area (Å²) in [5.41, 5.74) is 6.96. The maximum Gasteiger partial charge on any atom is 0.0265 e. The Balaban J connectivity index is 1.89. The molecule has 0 atom stereocenters. The summed E-state index contributed by atoms with van der Waals surface area (Å²) >= 11 is 3.75. The third kappa shape index (κ3) is 2.44. The summed E-state index contributed by atoms with van der Waals surface area (Å²) in [5, 5.41) is 0. The van der Waals surface area contributed by atoms with Crippen LogP contribution < -0.4 is 5.73 Å². The number of hydrogen-bond acceptors (Lipinski definition) is 3. The van der Waals surface area contributed by atoms with Gasteiger partial charge >= 0.3 is 0 Å². The standard InChI is InChI=1S/C15H15NS2/c16-9-3-4-11-7-8-14-15(10-11)18-13-6-2-1-5-12(13)17-14/h1-2,5-8,10H,3-4,9,16H2. The Kier molecular flexibility index (Phi) is 3.64. The molecule has 0 saturated carbocycles. The van der Waals surface area contributed by atoms with Crippen molar-refractivity contribution in [3.05, 3.63) is 48.0 Å². The molecule has 0 spiro atoms. The van der Waals surface area contributed by atoms with Crippen molar-refractivity contribution in [2.45, 2.75) is 32.4 Å². The van der Waals surface area contributed by atoms with Gasteiger partial charge in [0, 0.05) is 19.6 Å². The highest BCUT2D eigenvalue weighted by atomic mass is 32.2. The number of nitrogens with two attached hydrogens (primary N) is 1. The van der Waals surface area contributed by atoms with Gasteiger partial charge in [-0.2, -0.15) is 0 Å². The molecular formula is C15H15NS2. The molecule has 1 nitrogen and oxygen atoms in total. The van der Waals surface area contributed by atoms with Gasteiger partial charge in [0.25, 0.3) is 0 Å². The largest absolute Gasteiger partial charge is 0.330 e. The molecule has 0 unspecified atom stereocenters. The van der Waals surface area contributed by atoms with Crippen LogP contribution in [0.4, 0.5) is 0 Å². The van der Waals surface area contributed by atoms with Crippen molar-refractivity contribution in [1.82, 2.24) is 0 Å². The van der Waals surface area contributed by atoms with Crippen molar-refractivity contribution in [3.8, 4) is 0 Å². The van der Waals surface area contributed by atoms with Crippen LogP contribution in [-0.4, -0.2) is 6.54 Å². The monoisotopic (exact) mass is 273 g/mol. The van der Waals surface area contributed by atoms with E-state index in [0.29, 0.717) is 0 Å². The quantitative estimate of drug-likeness (QED) is 0.774. The van der Waals surface area contributed by atoms with Crippen LogP contribution in [0.5, 0.6) is 0 Å². The highest BCUT2D eigenvalue weighted by Crippen LogP contribution is 2.48. The first-order valence-corrected chi connectivity index (χ1v) is 7.78. The molecular weight excluding hydrogens is 258 g/mol. The molecule has 0 aromatic heterocycles. The molecule has 0 saturated heterocycles. The third-order valence-corrected chi connectivity index (χ3v) is 5.51. The van der Waals surface area contributed by atoms with Gasteiger partial charge in [-0.05, 0) is 49.2 Å². The summed E-state index contributed by atoms with van der Waals surface area (Å²) in [6.07, 6.45) is 2.14. The molecule has 0 amide bonds. The van der Waals surface area contributed by atoms with Crippen LogP contribution in [0.25, 0.3) is 0 Å². The van der Waals surface area contributed by atoms with Crippen molar-refractivity contribution >= 4 is 23.5 Å². The zero-order valence-corrected chi connectivity index (χ0v) is 11.7. The molecule has 3 heteroatoms. The fraction of sp³-hybridized carbons (Fsp3) is 0.200. The molecule has 3 rings (SSSR count). The zero-order valence-electron chi connectivity index (χ0n) is 10.1. The second-order valence-electron chi connectivity index (χ2n) is 4.32. The molecule has 2 N–H and O–H groups in total. The lowest BCUT2D eigenvalue weighted by atomic mass is 10.1. The van der Waals surface area contributed by atoms with Crippen molar-refractivity contribution < 1.29 is 0 Å². The smallest absolute Gasteiger partial charge is 0.0265 e. The molecule has 0 fully saturated rings. The van der Waals surface area contributed by atoms with E-state index in [4.69, 9.17) is 5.73 Å². The first-order chi connectivity index (χ1) is 8.86. The number of hydrogen-bond donors (Lipinski definition) is 1. The lowest BCUT2D eigenvalue weighted by molar-refractivity contribution is 0.828. The minimum atomic E-state index is 0.766. The Labute approximate surface area is 116 Å². The fourth-order valence-electron chi connectivity index (χ4n) is 2.03. The normalized spacial score (nSPS) is 12.9. The summed E-state index contributed by atoms with van der Waals surface area (Å²) in [5.74, 6) is 0. The molecule has 1 aliphatic rings. The average Bonchev–Trinajstić information content (AvgIpc) is 2.42. The highest BCUT2D eigenvalue weighted by Gasteiger charge is 2.16. The fourth-order valence-corrected chi connectivity index (χ4v) is 4.31. The Morgan fingerprint density at radius 1 is 0.833 bits per heavy atom. The Bertz CT molecular complexity index is 566.